The molecule has 0 spiro atoms. The van der Waals surface area contributed by atoms with Crippen molar-refractivity contribution in [3.05, 3.63) is 59.8 Å². The SMILES string of the molecule is Cc1cccc(NC(=O)CN(C)CC(=O)NN2C(=O)NC(C)(CCc3ccccc3)C2=O)n1. The third-order valence-corrected chi connectivity index (χ3v) is 5.24. The molecule has 2 aromatic rings. The maximum absolute atomic E-state index is 12.8. The number of anilines is 1. The second-order valence-electron chi connectivity index (χ2n) is 8.31. The highest BCUT2D eigenvalue weighted by molar-refractivity contribution is 6.07. The van der Waals surface area contributed by atoms with Gasteiger partial charge >= 0.3 is 6.03 Å². The van der Waals surface area contributed by atoms with Crippen LogP contribution >= 0.6 is 0 Å². The third kappa shape index (κ3) is 6.36. The van der Waals surface area contributed by atoms with Gasteiger partial charge in [-0.2, -0.15) is 5.01 Å². The largest absolute Gasteiger partial charge is 0.344 e. The Bertz CT molecular complexity index is 1040. The van der Waals surface area contributed by atoms with Crippen molar-refractivity contribution in [2.75, 3.05) is 25.5 Å². The lowest BCUT2D eigenvalue weighted by atomic mass is 9.93. The van der Waals surface area contributed by atoms with Crippen LogP contribution in [0.3, 0.4) is 0 Å². The number of nitrogens with one attached hydrogen (secondary N) is 3. The number of rotatable bonds is 9. The average Bonchev–Trinajstić information content (AvgIpc) is 2.96. The van der Waals surface area contributed by atoms with Crippen LogP contribution in [0, 0.1) is 6.92 Å². The molecule has 3 rings (SSSR count). The van der Waals surface area contributed by atoms with E-state index >= 15 is 0 Å². The molecule has 0 radical (unpaired) electrons. The van der Waals surface area contributed by atoms with Gasteiger partial charge in [-0.3, -0.25) is 24.7 Å². The minimum absolute atomic E-state index is 0.0715. The normalized spacial score (nSPS) is 17.8. The summed E-state index contributed by atoms with van der Waals surface area (Å²) in [6.07, 6.45) is 0.986. The minimum atomic E-state index is -1.12. The third-order valence-electron chi connectivity index (χ3n) is 5.24. The van der Waals surface area contributed by atoms with Crippen LogP contribution in [-0.2, 0) is 20.8 Å². The Labute approximate surface area is 192 Å². The minimum Gasteiger partial charge on any atom is -0.322 e. The number of carbonyl (C=O) groups is 4. The molecule has 1 aliphatic rings. The van der Waals surface area contributed by atoms with Gasteiger partial charge in [0.15, 0.2) is 0 Å². The van der Waals surface area contributed by atoms with Gasteiger partial charge in [0, 0.05) is 5.69 Å². The lowest BCUT2D eigenvalue weighted by Crippen LogP contribution is -2.51. The lowest BCUT2D eigenvalue weighted by molar-refractivity contribution is -0.139. The van der Waals surface area contributed by atoms with Gasteiger partial charge in [-0.1, -0.05) is 36.4 Å². The molecule has 0 bridgehead atoms. The predicted octanol–water partition coefficient (Wildman–Crippen LogP) is 1.23. The van der Waals surface area contributed by atoms with Crippen molar-refractivity contribution in [2.24, 2.45) is 0 Å². The standard InChI is InChI=1S/C23H28N6O4/c1-16-8-7-11-18(24-16)25-19(30)14-28(3)15-20(31)27-29-21(32)23(2,26-22(29)33)13-12-17-9-5-4-6-10-17/h4-11H,12-15H2,1-3H3,(H,26,33)(H,27,31)(H,24,25,30). The maximum atomic E-state index is 12.8. The molecule has 5 amide bonds. The molecule has 1 aromatic carbocycles. The van der Waals surface area contributed by atoms with Crippen molar-refractivity contribution in [3.8, 4) is 0 Å². The number of pyridine rings is 1. The van der Waals surface area contributed by atoms with Gasteiger partial charge in [0.1, 0.15) is 11.4 Å². The van der Waals surface area contributed by atoms with E-state index in [1.165, 1.54) is 4.90 Å². The molecule has 1 fully saturated rings. The summed E-state index contributed by atoms with van der Waals surface area (Å²) in [4.78, 5) is 55.4. The van der Waals surface area contributed by atoms with E-state index in [1.54, 1.807) is 26.1 Å². The highest BCUT2D eigenvalue weighted by Crippen LogP contribution is 2.22. The summed E-state index contributed by atoms with van der Waals surface area (Å²) in [6.45, 7) is 3.19. The molecule has 1 aliphatic heterocycles. The summed E-state index contributed by atoms with van der Waals surface area (Å²) >= 11 is 0. The van der Waals surface area contributed by atoms with E-state index in [9.17, 15) is 19.2 Å². The first kappa shape index (κ1) is 23.9. The molecule has 1 saturated heterocycles. The van der Waals surface area contributed by atoms with Crippen molar-refractivity contribution < 1.29 is 19.2 Å². The number of urea groups is 1. The molecular weight excluding hydrogens is 424 g/mol. The summed E-state index contributed by atoms with van der Waals surface area (Å²) in [5, 5.41) is 6.03. The number of amides is 5. The Kier molecular flexibility index (Phi) is 7.39. The second-order valence-corrected chi connectivity index (χ2v) is 8.31. The monoisotopic (exact) mass is 452 g/mol. The Hall–Kier alpha value is -3.79. The summed E-state index contributed by atoms with van der Waals surface area (Å²) in [6, 6.07) is 14.2. The van der Waals surface area contributed by atoms with E-state index in [4.69, 9.17) is 0 Å². The number of imide groups is 1. The highest BCUT2D eigenvalue weighted by atomic mass is 16.2. The number of carbonyl (C=O) groups excluding carboxylic acids is 4. The smallest absolute Gasteiger partial charge is 0.322 e. The number of nitrogens with zero attached hydrogens (tertiary/aromatic N) is 3. The van der Waals surface area contributed by atoms with E-state index in [0.29, 0.717) is 23.7 Å². The van der Waals surface area contributed by atoms with Gasteiger partial charge in [-0.25, -0.2) is 9.78 Å². The van der Waals surface area contributed by atoms with E-state index in [1.807, 2.05) is 43.3 Å². The molecule has 174 valence electrons. The molecule has 10 nitrogen and oxygen atoms in total. The lowest BCUT2D eigenvalue weighted by Gasteiger charge is -2.22. The van der Waals surface area contributed by atoms with Gasteiger partial charge in [-0.15, -0.1) is 0 Å². The number of hydrazine groups is 1. The number of likely N-dealkylation sites (N-methyl/N-ethyl adjacent to an activating group) is 1. The van der Waals surface area contributed by atoms with Crippen LogP contribution in [0.2, 0.25) is 0 Å². The van der Waals surface area contributed by atoms with Crippen LogP contribution in [0.25, 0.3) is 0 Å². The summed E-state index contributed by atoms with van der Waals surface area (Å²) in [7, 11) is 1.58. The van der Waals surface area contributed by atoms with Crippen molar-refractivity contribution in [1.82, 2.24) is 25.6 Å². The Balaban J connectivity index is 1.49. The molecule has 10 heteroatoms. The first-order valence-electron chi connectivity index (χ1n) is 10.6. The molecule has 2 heterocycles. The fourth-order valence-electron chi connectivity index (χ4n) is 3.50. The van der Waals surface area contributed by atoms with Crippen molar-refractivity contribution in [3.63, 3.8) is 0 Å². The van der Waals surface area contributed by atoms with E-state index in [0.717, 1.165) is 11.3 Å². The molecule has 3 N–H and O–H groups in total. The Morgan fingerprint density at radius 3 is 2.45 bits per heavy atom. The molecule has 1 unspecified atom stereocenters. The zero-order chi connectivity index (χ0) is 24.0. The second kappa shape index (κ2) is 10.2. The zero-order valence-corrected chi connectivity index (χ0v) is 18.9. The van der Waals surface area contributed by atoms with Crippen LogP contribution in [-0.4, -0.2) is 64.3 Å². The van der Waals surface area contributed by atoms with Crippen LogP contribution < -0.4 is 16.1 Å². The molecular formula is C23H28N6O4. The Morgan fingerprint density at radius 1 is 1.06 bits per heavy atom. The summed E-state index contributed by atoms with van der Waals surface area (Å²) in [5.41, 5.74) is 3.04. The fraction of sp³-hybridized carbons (Fsp3) is 0.348. The van der Waals surface area contributed by atoms with Crippen molar-refractivity contribution in [1.29, 1.82) is 0 Å². The predicted molar refractivity (Wildman–Crippen MR) is 122 cm³/mol. The van der Waals surface area contributed by atoms with Gasteiger partial charge < -0.3 is 10.6 Å². The summed E-state index contributed by atoms with van der Waals surface area (Å²) < 4.78 is 0. The van der Waals surface area contributed by atoms with Crippen LogP contribution in [0.1, 0.15) is 24.6 Å². The number of hydrogen-bond donors (Lipinski definition) is 3. The molecule has 1 aromatic heterocycles. The van der Waals surface area contributed by atoms with Crippen molar-refractivity contribution >= 4 is 29.6 Å². The molecule has 1 atom stereocenters. The van der Waals surface area contributed by atoms with E-state index in [-0.39, 0.29) is 19.0 Å². The van der Waals surface area contributed by atoms with E-state index in [2.05, 4.69) is 21.0 Å². The van der Waals surface area contributed by atoms with Gasteiger partial charge in [0.05, 0.1) is 13.1 Å². The maximum Gasteiger partial charge on any atom is 0.344 e. The Morgan fingerprint density at radius 2 is 1.76 bits per heavy atom. The summed E-state index contributed by atoms with van der Waals surface area (Å²) in [5.74, 6) is -1.03. The molecule has 0 aliphatic carbocycles. The number of hydrogen-bond acceptors (Lipinski definition) is 6. The average molecular weight is 453 g/mol. The fourth-order valence-corrected chi connectivity index (χ4v) is 3.50. The molecule has 0 saturated carbocycles. The van der Waals surface area contributed by atoms with E-state index < -0.39 is 23.4 Å². The quantitative estimate of drug-likeness (QED) is 0.492. The topological polar surface area (TPSA) is 124 Å². The van der Waals surface area contributed by atoms with Gasteiger partial charge in [-0.05, 0) is 51.4 Å². The number of aryl methyl sites for hydroxylation is 2. The first-order chi connectivity index (χ1) is 15.7. The highest BCUT2D eigenvalue weighted by Gasteiger charge is 2.48. The van der Waals surface area contributed by atoms with Crippen molar-refractivity contribution in [2.45, 2.75) is 32.2 Å². The van der Waals surface area contributed by atoms with Crippen LogP contribution in [0.4, 0.5) is 10.6 Å². The van der Waals surface area contributed by atoms with Crippen LogP contribution in [0.15, 0.2) is 48.5 Å². The molecule has 33 heavy (non-hydrogen) atoms. The van der Waals surface area contributed by atoms with Crippen LogP contribution in [0.5, 0.6) is 0 Å². The zero-order valence-electron chi connectivity index (χ0n) is 18.9. The first-order valence-corrected chi connectivity index (χ1v) is 10.6. The number of benzene rings is 1. The van der Waals surface area contributed by atoms with Gasteiger partial charge in [0.25, 0.3) is 11.8 Å². The van der Waals surface area contributed by atoms with Gasteiger partial charge in [0.2, 0.25) is 5.91 Å². The number of aromatic nitrogens is 1.